The molecule has 0 aliphatic carbocycles. The van der Waals surface area contributed by atoms with Crippen molar-refractivity contribution in [3.63, 3.8) is 0 Å². The van der Waals surface area contributed by atoms with Gasteiger partial charge in [-0.25, -0.2) is 4.79 Å². The molecule has 2 aromatic rings. The second-order valence-corrected chi connectivity index (χ2v) is 8.73. The molecule has 0 fully saturated rings. The van der Waals surface area contributed by atoms with E-state index in [2.05, 4.69) is 13.8 Å². The SMILES string of the molecule is COc1cc2c(cc1OCCCCCCC(=O)O)C[C@@H](C(C)C)n1cc(C(=O)O)c(=O)cc1-2. The number of ether oxygens (including phenoxy) is 2. The number of benzene rings is 1. The monoisotopic (exact) mass is 457 g/mol. The van der Waals surface area contributed by atoms with Gasteiger partial charge < -0.3 is 24.3 Å². The van der Waals surface area contributed by atoms with Crippen molar-refractivity contribution in [2.75, 3.05) is 13.7 Å². The maximum absolute atomic E-state index is 12.4. The number of nitrogens with zero attached hydrogens (tertiary/aromatic N) is 1. The number of aliphatic carboxylic acids is 1. The highest BCUT2D eigenvalue weighted by molar-refractivity contribution is 5.88. The number of methoxy groups -OCH3 is 1. The summed E-state index contributed by atoms with van der Waals surface area (Å²) in [4.78, 5) is 34.5. The molecule has 0 bridgehead atoms. The quantitative estimate of drug-likeness (QED) is 0.481. The van der Waals surface area contributed by atoms with Crippen LogP contribution >= 0.6 is 0 Å². The average Bonchev–Trinajstić information content (AvgIpc) is 2.76. The molecule has 8 heteroatoms. The minimum atomic E-state index is -1.23. The van der Waals surface area contributed by atoms with Crippen molar-refractivity contribution >= 4 is 11.9 Å². The van der Waals surface area contributed by atoms with Gasteiger partial charge >= 0.3 is 11.9 Å². The van der Waals surface area contributed by atoms with E-state index in [1.54, 1.807) is 7.11 Å². The molecule has 1 aliphatic heterocycles. The summed E-state index contributed by atoms with van der Waals surface area (Å²) in [6, 6.07) is 5.20. The van der Waals surface area contributed by atoms with Gasteiger partial charge in [0.25, 0.3) is 0 Å². The lowest BCUT2D eigenvalue weighted by atomic mass is 9.87. The number of hydrogen-bond acceptors (Lipinski definition) is 5. The van der Waals surface area contributed by atoms with Crippen LogP contribution in [0.5, 0.6) is 11.5 Å². The number of rotatable bonds is 11. The number of hydrogen-bond donors (Lipinski definition) is 2. The Hall–Kier alpha value is -3.29. The van der Waals surface area contributed by atoms with Gasteiger partial charge in [0.1, 0.15) is 5.56 Å². The third kappa shape index (κ3) is 5.56. The van der Waals surface area contributed by atoms with Gasteiger partial charge in [0.2, 0.25) is 0 Å². The molecule has 0 unspecified atom stereocenters. The summed E-state index contributed by atoms with van der Waals surface area (Å²) in [7, 11) is 1.56. The first-order valence-electron chi connectivity index (χ1n) is 11.3. The Balaban J connectivity index is 1.86. The number of pyridine rings is 1. The molecule has 1 aliphatic rings. The summed E-state index contributed by atoms with van der Waals surface area (Å²) in [5, 5.41) is 18.1. The predicted octanol–water partition coefficient (Wildman–Crippen LogP) is 4.39. The molecule has 178 valence electrons. The number of aromatic nitrogens is 1. The lowest BCUT2D eigenvalue weighted by Gasteiger charge is -2.33. The van der Waals surface area contributed by atoms with E-state index in [0.717, 1.165) is 30.4 Å². The fraction of sp³-hybridized carbons (Fsp3) is 0.480. The topological polar surface area (TPSA) is 115 Å². The van der Waals surface area contributed by atoms with E-state index in [0.29, 0.717) is 36.6 Å². The fourth-order valence-corrected chi connectivity index (χ4v) is 4.28. The fourth-order valence-electron chi connectivity index (χ4n) is 4.28. The smallest absolute Gasteiger partial charge is 0.341 e. The van der Waals surface area contributed by atoms with Crippen molar-refractivity contribution in [2.24, 2.45) is 5.92 Å². The molecule has 0 amide bonds. The van der Waals surface area contributed by atoms with Gasteiger partial charge in [0, 0.05) is 30.3 Å². The van der Waals surface area contributed by atoms with Gasteiger partial charge in [-0.05, 0) is 42.9 Å². The van der Waals surface area contributed by atoms with Crippen molar-refractivity contribution in [3.8, 4) is 22.8 Å². The minimum absolute atomic E-state index is 0.00156. The lowest BCUT2D eigenvalue weighted by molar-refractivity contribution is -0.137. The highest BCUT2D eigenvalue weighted by atomic mass is 16.5. The third-order valence-electron chi connectivity index (χ3n) is 6.07. The van der Waals surface area contributed by atoms with Gasteiger partial charge in [-0.15, -0.1) is 0 Å². The number of unbranched alkanes of at least 4 members (excludes halogenated alkanes) is 3. The standard InChI is InChI=1S/C25H31NO7/c1-15(2)19-10-16-11-23(33-9-7-5-4-6-8-24(28)29)22(32-3)12-17(16)20-13-21(27)18(25(30)31)14-26(19)20/h11-15,19H,4-10H2,1-3H3,(H,28,29)(H,30,31)/t19-/m0/s1. The Bertz CT molecular complexity index is 1090. The van der Waals surface area contributed by atoms with Crippen LogP contribution in [0.2, 0.25) is 0 Å². The molecule has 1 aromatic carbocycles. The normalized spacial score (nSPS) is 14.5. The summed E-state index contributed by atoms with van der Waals surface area (Å²) >= 11 is 0. The van der Waals surface area contributed by atoms with Crippen molar-refractivity contribution in [1.29, 1.82) is 0 Å². The van der Waals surface area contributed by atoms with Gasteiger partial charge in [-0.3, -0.25) is 9.59 Å². The lowest BCUT2D eigenvalue weighted by Crippen LogP contribution is -2.28. The highest BCUT2D eigenvalue weighted by Crippen LogP contribution is 2.42. The molecule has 0 saturated heterocycles. The Morgan fingerprint density at radius 1 is 1.09 bits per heavy atom. The summed E-state index contributed by atoms with van der Waals surface area (Å²) in [6.45, 7) is 4.64. The number of aromatic carboxylic acids is 1. The molecule has 0 radical (unpaired) electrons. The van der Waals surface area contributed by atoms with Gasteiger partial charge in [0.15, 0.2) is 16.9 Å². The summed E-state index contributed by atoms with van der Waals surface area (Å²) in [5.74, 6) is -0.606. The maximum Gasteiger partial charge on any atom is 0.341 e. The van der Waals surface area contributed by atoms with Crippen LogP contribution in [0.1, 0.15) is 67.9 Å². The third-order valence-corrected chi connectivity index (χ3v) is 6.07. The van der Waals surface area contributed by atoms with Crippen LogP contribution in [0.25, 0.3) is 11.3 Å². The first-order valence-corrected chi connectivity index (χ1v) is 11.3. The van der Waals surface area contributed by atoms with Gasteiger partial charge in [0.05, 0.1) is 19.4 Å². The number of carboxylic acids is 2. The maximum atomic E-state index is 12.4. The summed E-state index contributed by atoms with van der Waals surface area (Å²) in [5.41, 5.74) is 1.77. The molecule has 0 saturated carbocycles. The first kappa shape index (κ1) is 24.4. The molecule has 1 aromatic heterocycles. The average molecular weight is 458 g/mol. The molecular formula is C25H31NO7. The zero-order valence-electron chi connectivity index (χ0n) is 19.3. The Morgan fingerprint density at radius 3 is 2.45 bits per heavy atom. The zero-order valence-corrected chi connectivity index (χ0v) is 19.3. The molecule has 8 nitrogen and oxygen atoms in total. The molecule has 2 heterocycles. The molecule has 0 spiro atoms. The van der Waals surface area contributed by atoms with Crippen LogP contribution in [-0.4, -0.2) is 40.4 Å². The Kier molecular flexibility index (Phi) is 7.79. The zero-order chi connectivity index (χ0) is 24.1. The summed E-state index contributed by atoms with van der Waals surface area (Å²) in [6.07, 6.45) is 5.53. The van der Waals surface area contributed by atoms with Crippen molar-refractivity contribution < 1.29 is 29.3 Å². The van der Waals surface area contributed by atoms with Gasteiger partial charge in [-0.1, -0.05) is 26.7 Å². The molecule has 33 heavy (non-hydrogen) atoms. The largest absolute Gasteiger partial charge is 0.493 e. The van der Waals surface area contributed by atoms with E-state index in [-0.39, 0.29) is 23.9 Å². The van der Waals surface area contributed by atoms with Crippen LogP contribution in [0, 0.1) is 5.92 Å². The van der Waals surface area contributed by atoms with E-state index in [4.69, 9.17) is 14.6 Å². The van der Waals surface area contributed by atoms with E-state index in [1.807, 2.05) is 16.7 Å². The van der Waals surface area contributed by atoms with Crippen molar-refractivity contribution in [2.45, 2.75) is 58.4 Å². The predicted molar refractivity (Wildman–Crippen MR) is 123 cm³/mol. The van der Waals surface area contributed by atoms with E-state index in [9.17, 15) is 19.5 Å². The van der Waals surface area contributed by atoms with Crippen molar-refractivity contribution in [3.05, 3.63) is 45.7 Å². The van der Waals surface area contributed by atoms with E-state index >= 15 is 0 Å². The van der Waals surface area contributed by atoms with Crippen LogP contribution in [0.4, 0.5) is 0 Å². The van der Waals surface area contributed by atoms with E-state index < -0.39 is 17.4 Å². The van der Waals surface area contributed by atoms with Crippen LogP contribution in [-0.2, 0) is 11.2 Å². The second-order valence-electron chi connectivity index (χ2n) is 8.73. The number of carbonyl (C=O) groups is 2. The van der Waals surface area contributed by atoms with Gasteiger partial charge in [-0.2, -0.15) is 0 Å². The highest BCUT2D eigenvalue weighted by Gasteiger charge is 2.29. The van der Waals surface area contributed by atoms with Crippen molar-refractivity contribution in [1.82, 2.24) is 4.57 Å². The van der Waals surface area contributed by atoms with Crippen LogP contribution in [0.15, 0.2) is 29.2 Å². The van der Waals surface area contributed by atoms with E-state index in [1.165, 1.54) is 12.3 Å². The Labute approximate surface area is 192 Å². The summed E-state index contributed by atoms with van der Waals surface area (Å²) < 4.78 is 13.4. The minimum Gasteiger partial charge on any atom is -0.493 e. The number of fused-ring (bicyclic) bond motifs is 3. The number of carboxylic acid groups (broad SMARTS) is 2. The molecular weight excluding hydrogens is 426 g/mol. The molecule has 3 rings (SSSR count). The first-order chi connectivity index (χ1) is 15.7. The molecule has 1 atom stereocenters. The Morgan fingerprint density at radius 2 is 1.82 bits per heavy atom. The van der Waals surface area contributed by atoms with Crippen LogP contribution < -0.4 is 14.9 Å². The second kappa shape index (κ2) is 10.6. The molecule has 2 N–H and O–H groups in total. The van der Waals surface area contributed by atoms with Crippen LogP contribution in [0.3, 0.4) is 0 Å².